The molecule has 0 saturated carbocycles. The Morgan fingerprint density at radius 1 is 1.32 bits per heavy atom. The van der Waals surface area contributed by atoms with Gasteiger partial charge in [0.05, 0.1) is 0 Å². The molecule has 1 atom stereocenters. The molecule has 0 aliphatic carbocycles. The van der Waals surface area contributed by atoms with Crippen molar-refractivity contribution < 1.29 is 19.4 Å². The molecule has 6 heteroatoms. The number of rotatable bonds is 4. The Hall–Kier alpha value is -1.95. The van der Waals surface area contributed by atoms with Crippen molar-refractivity contribution in [2.75, 3.05) is 0 Å². The summed E-state index contributed by atoms with van der Waals surface area (Å²) in [6, 6.07) is 3.21. The number of carbonyl (C=O) groups is 2. The minimum atomic E-state index is -2.10. The molecule has 0 aliphatic rings. The monoisotopic (exact) mass is 266 g/mol. The molecule has 3 N–H and O–H groups in total. The second-order valence-electron chi connectivity index (χ2n) is 5.31. The van der Waals surface area contributed by atoms with Gasteiger partial charge in [0.15, 0.2) is 0 Å². The van der Waals surface area contributed by atoms with Crippen LogP contribution in [0.1, 0.15) is 26.3 Å². The first-order valence-electron chi connectivity index (χ1n) is 5.80. The quantitative estimate of drug-likeness (QED) is 0.615. The smallest absolute Gasteiger partial charge is 0.338 e. The zero-order chi connectivity index (χ0) is 14.7. The molecule has 1 aromatic rings. The second kappa shape index (κ2) is 5.36. The highest BCUT2D eigenvalue weighted by Gasteiger charge is 2.45. The van der Waals surface area contributed by atoms with Crippen molar-refractivity contribution in [2.45, 2.75) is 38.3 Å². The molecule has 19 heavy (non-hydrogen) atoms. The van der Waals surface area contributed by atoms with Crippen molar-refractivity contribution in [3.8, 4) is 0 Å². The van der Waals surface area contributed by atoms with E-state index in [0.717, 1.165) is 0 Å². The van der Waals surface area contributed by atoms with Crippen molar-refractivity contribution in [2.24, 2.45) is 5.73 Å². The van der Waals surface area contributed by atoms with Gasteiger partial charge in [0.2, 0.25) is 5.54 Å². The molecule has 0 radical (unpaired) electrons. The Morgan fingerprint density at radius 3 is 2.26 bits per heavy atom. The van der Waals surface area contributed by atoms with E-state index < -0.39 is 23.1 Å². The molecule has 0 amide bonds. The fourth-order valence-electron chi connectivity index (χ4n) is 1.43. The minimum Gasteiger partial charge on any atom is -0.479 e. The summed E-state index contributed by atoms with van der Waals surface area (Å²) in [7, 11) is 0. The molecule has 0 aromatic carbocycles. The summed E-state index contributed by atoms with van der Waals surface area (Å²) in [5.74, 6) is -2.37. The van der Waals surface area contributed by atoms with Crippen molar-refractivity contribution in [3.63, 3.8) is 0 Å². The van der Waals surface area contributed by atoms with Crippen LogP contribution in [0.15, 0.2) is 24.5 Å². The molecule has 1 heterocycles. The molecular weight excluding hydrogens is 248 g/mol. The maximum absolute atomic E-state index is 12.0. The lowest BCUT2D eigenvalue weighted by atomic mass is 9.92. The van der Waals surface area contributed by atoms with E-state index in [1.54, 1.807) is 32.9 Å². The van der Waals surface area contributed by atoms with E-state index in [-0.39, 0.29) is 6.42 Å². The zero-order valence-electron chi connectivity index (χ0n) is 11.2. The van der Waals surface area contributed by atoms with E-state index in [9.17, 15) is 14.7 Å². The van der Waals surface area contributed by atoms with E-state index in [4.69, 9.17) is 10.5 Å². The Morgan fingerprint density at radius 2 is 1.84 bits per heavy atom. The van der Waals surface area contributed by atoms with Crippen LogP contribution in [0.4, 0.5) is 0 Å². The lowest BCUT2D eigenvalue weighted by molar-refractivity contribution is -0.169. The summed E-state index contributed by atoms with van der Waals surface area (Å²) in [6.07, 6.45) is 2.86. The number of carboxylic acid groups (broad SMARTS) is 1. The third-order valence-corrected chi connectivity index (χ3v) is 2.38. The topological polar surface area (TPSA) is 103 Å². The lowest BCUT2D eigenvalue weighted by Gasteiger charge is -2.28. The predicted molar refractivity (Wildman–Crippen MR) is 68.3 cm³/mol. The number of hydrogen-bond acceptors (Lipinski definition) is 5. The normalized spacial score (nSPS) is 14.5. The Labute approximate surface area is 111 Å². The van der Waals surface area contributed by atoms with Crippen LogP contribution in [0.5, 0.6) is 0 Å². The van der Waals surface area contributed by atoms with Crippen LogP contribution in [-0.4, -0.2) is 33.2 Å². The SMILES string of the molecule is CC(C)(C)OC(=O)[C@@](N)(Cc1ccncc1)C(=O)O. The number of hydrogen-bond donors (Lipinski definition) is 2. The number of carboxylic acids is 1. The predicted octanol–water partition coefficient (Wildman–Crippen LogP) is 0.748. The van der Waals surface area contributed by atoms with E-state index >= 15 is 0 Å². The van der Waals surface area contributed by atoms with Gasteiger partial charge in [0.1, 0.15) is 5.60 Å². The van der Waals surface area contributed by atoms with Crippen LogP contribution in [0.3, 0.4) is 0 Å². The average molecular weight is 266 g/mol. The number of esters is 1. The minimum absolute atomic E-state index is 0.153. The van der Waals surface area contributed by atoms with Gasteiger partial charge in [0, 0.05) is 18.8 Å². The number of nitrogens with zero attached hydrogens (tertiary/aromatic N) is 1. The zero-order valence-corrected chi connectivity index (χ0v) is 11.2. The Balaban J connectivity index is 2.98. The molecule has 0 spiro atoms. The summed E-state index contributed by atoms with van der Waals surface area (Å²) in [6.45, 7) is 4.96. The van der Waals surface area contributed by atoms with Gasteiger partial charge < -0.3 is 15.6 Å². The highest BCUT2D eigenvalue weighted by molar-refractivity contribution is 6.04. The molecule has 104 valence electrons. The fraction of sp³-hybridized carbons (Fsp3) is 0.462. The van der Waals surface area contributed by atoms with Crippen LogP contribution in [0.25, 0.3) is 0 Å². The van der Waals surface area contributed by atoms with Gasteiger partial charge >= 0.3 is 11.9 Å². The summed E-state index contributed by atoms with van der Waals surface area (Å²) < 4.78 is 5.08. The number of pyridine rings is 1. The highest BCUT2D eigenvalue weighted by atomic mass is 16.6. The van der Waals surface area contributed by atoms with Crippen LogP contribution in [-0.2, 0) is 20.7 Å². The molecule has 0 fully saturated rings. The average Bonchev–Trinajstić information content (AvgIpc) is 2.27. The molecule has 1 aromatic heterocycles. The van der Waals surface area contributed by atoms with Gasteiger partial charge in [-0.15, -0.1) is 0 Å². The standard InChI is InChI=1S/C13H18N2O4/c1-12(2,3)19-11(18)13(14,10(16)17)8-9-4-6-15-7-5-9/h4-7H,8,14H2,1-3H3,(H,16,17)/t13-/m1/s1. The van der Waals surface area contributed by atoms with Crippen molar-refractivity contribution in [1.29, 1.82) is 0 Å². The summed E-state index contributed by atoms with van der Waals surface area (Å²) in [4.78, 5) is 27.1. The van der Waals surface area contributed by atoms with Gasteiger partial charge in [-0.2, -0.15) is 0 Å². The third kappa shape index (κ3) is 4.03. The number of aliphatic carboxylic acids is 1. The maximum Gasteiger partial charge on any atom is 0.338 e. The summed E-state index contributed by atoms with van der Waals surface area (Å²) in [5, 5.41) is 9.22. The molecule has 0 aliphatic heterocycles. The molecule has 1 rings (SSSR count). The summed E-state index contributed by atoms with van der Waals surface area (Å²) >= 11 is 0. The van der Waals surface area contributed by atoms with Gasteiger partial charge in [-0.05, 0) is 38.5 Å². The molecular formula is C13H18N2O4. The van der Waals surface area contributed by atoms with Gasteiger partial charge in [0.25, 0.3) is 0 Å². The van der Waals surface area contributed by atoms with E-state index in [0.29, 0.717) is 5.56 Å². The third-order valence-electron chi connectivity index (χ3n) is 2.38. The van der Waals surface area contributed by atoms with Gasteiger partial charge in [-0.1, -0.05) is 0 Å². The molecule has 0 bridgehead atoms. The first-order valence-corrected chi connectivity index (χ1v) is 5.80. The second-order valence-corrected chi connectivity index (χ2v) is 5.31. The fourth-order valence-corrected chi connectivity index (χ4v) is 1.43. The number of carbonyl (C=O) groups excluding carboxylic acids is 1. The highest BCUT2D eigenvalue weighted by Crippen LogP contribution is 2.17. The van der Waals surface area contributed by atoms with Crippen LogP contribution >= 0.6 is 0 Å². The van der Waals surface area contributed by atoms with Crippen molar-refractivity contribution in [3.05, 3.63) is 30.1 Å². The first-order chi connectivity index (χ1) is 8.65. The van der Waals surface area contributed by atoms with E-state index in [1.165, 1.54) is 12.4 Å². The Bertz CT molecular complexity index is 467. The maximum atomic E-state index is 12.0. The van der Waals surface area contributed by atoms with Crippen molar-refractivity contribution in [1.82, 2.24) is 4.98 Å². The van der Waals surface area contributed by atoms with Crippen LogP contribution in [0.2, 0.25) is 0 Å². The first kappa shape index (κ1) is 15.1. The van der Waals surface area contributed by atoms with E-state index in [1.807, 2.05) is 0 Å². The van der Waals surface area contributed by atoms with Gasteiger partial charge in [-0.3, -0.25) is 4.98 Å². The molecule has 0 saturated heterocycles. The van der Waals surface area contributed by atoms with Crippen molar-refractivity contribution >= 4 is 11.9 Å². The number of aromatic nitrogens is 1. The number of ether oxygens (including phenoxy) is 1. The molecule has 6 nitrogen and oxygen atoms in total. The lowest BCUT2D eigenvalue weighted by Crippen LogP contribution is -2.58. The summed E-state index contributed by atoms with van der Waals surface area (Å²) in [5.41, 5.74) is 3.43. The van der Waals surface area contributed by atoms with Gasteiger partial charge in [-0.25, -0.2) is 9.59 Å². The largest absolute Gasteiger partial charge is 0.479 e. The van der Waals surface area contributed by atoms with E-state index in [2.05, 4.69) is 4.98 Å². The number of nitrogens with two attached hydrogens (primary N) is 1. The molecule has 0 unspecified atom stereocenters. The van der Waals surface area contributed by atoms with Crippen LogP contribution < -0.4 is 5.73 Å². The van der Waals surface area contributed by atoms with Crippen LogP contribution in [0, 0.1) is 0 Å². The Kier molecular flexibility index (Phi) is 4.26.